The highest BCUT2D eigenvalue weighted by molar-refractivity contribution is 5.80. The molecular formula is C15H15F3N4O. The number of nitrogens with zero attached hydrogens (tertiary/aromatic N) is 3. The van der Waals surface area contributed by atoms with E-state index in [0.29, 0.717) is 18.8 Å². The summed E-state index contributed by atoms with van der Waals surface area (Å²) in [4.78, 5) is 13.7. The van der Waals surface area contributed by atoms with E-state index in [1.807, 2.05) is 0 Å². The number of amides is 1. The van der Waals surface area contributed by atoms with Gasteiger partial charge in [0.2, 0.25) is 5.91 Å². The van der Waals surface area contributed by atoms with Crippen molar-refractivity contribution < 1.29 is 18.0 Å². The number of alkyl halides is 3. The first-order valence-corrected chi connectivity index (χ1v) is 7.08. The third kappa shape index (κ3) is 2.88. The SMILES string of the molecule is CNC(=O)C1CN(c2ccc(C(F)(F)F)cc2)c2ccnn2C1. The molecule has 2 aromatic rings. The van der Waals surface area contributed by atoms with Gasteiger partial charge in [0.25, 0.3) is 0 Å². The van der Waals surface area contributed by atoms with Gasteiger partial charge in [-0.1, -0.05) is 0 Å². The fourth-order valence-electron chi connectivity index (χ4n) is 2.71. The number of halogens is 3. The van der Waals surface area contributed by atoms with Gasteiger partial charge in [0.1, 0.15) is 5.82 Å². The highest BCUT2D eigenvalue weighted by Crippen LogP contribution is 2.34. The van der Waals surface area contributed by atoms with Crippen LogP contribution in [0.25, 0.3) is 0 Å². The lowest BCUT2D eigenvalue weighted by atomic mass is 10.1. The number of carbonyl (C=O) groups is 1. The summed E-state index contributed by atoms with van der Waals surface area (Å²) in [5.74, 6) is 0.308. The van der Waals surface area contributed by atoms with Gasteiger partial charge in [-0.05, 0) is 24.3 Å². The summed E-state index contributed by atoms with van der Waals surface area (Å²) in [5, 5.41) is 6.77. The van der Waals surface area contributed by atoms with Crippen molar-refractivity contribution in [1.29, 1.82) is 0 Å². The monoisotopic (exact) mass is 324 g/mol. The van der Waals surface area contributed by atoms with Crippen LogP contribution in [0.1, 0.15) is 5.56 Å². The first kappa shape index (κ1) is 15.4. The number of aromatic nitrogens is 2. The third-order valence-corrected chi connectivity index (χ3v) is 3.89. The molecule has 2 heterocycles. The van der Waals surface area contributed by atoms with Crippen molar-refractivity contribution in [2.24, 2.45) is 5.92 Å². The number of nitrogens with one attached hydrogen (secondary N) is 1. The number of rotatable bonds is 2. The Morgan fingerprint density at radius 2 is 1.91 bits per heavy atom. The molecule has 0 bridgehead atoms. The van der Waals surface area contributed by atoms with E-state index < -0.39 is 11.7 Å². The second kappa shape index (κ2) is 5.60. The quantitative estimate of drug-likeness (QED) is 0.923. The van der Waals surface area contributed by atoms with E-state index in [1.54, 1.807) is 28.9 Å². The van der Waals surface area contributed by atoms with Crippen molar-refractivity contribution in [2.45, 2.75) is 12.7 Å². The standard InChI is InChI=1S/C15H15F3N4O/c1-19-14(23)10-8-21(13-6-7-20-22(13)9-10)12-4-2-11(3-5-12)15(16,17)18/h2-7,10H,8-9H2,1H3,(H,19,23). The van der Waals surface area contributed by atoms with E-state index in [2.05, 4.69) is 10.4 Å². The van der Waals surface area contributed by atoms with Crippen molar-refractivity contribution in [3.63, 3.8) is 0 Å². The minimum Gasteiger partial charge on any atom is -0.359 e. The summed E-state index contributed by atoms with van der Waals surface area (Å²) in [7, 11) is 1.56. The first-order chi connectivity index (χ1) is 10.9. The van der Waals surface area contributed by atoms with E-state index in [4.69, 9.17) is 0 Å². The lowest BCUT2D eigenvalue weighted by Crippen LogP contribution is -2.42. The van der Waals surface area contributed by atoms with Gasteiger partial charge < -0.3 is 10.2 Å². The fourth-order valence-corrected chi connectivity index (χ4v) is 2.71. The van der Waals surface area contributed by atoms with Gasteiger partial charge in [-0.15, -0.1) is 0 Å². The summed E-state index contributed by atoms with van der Waals surface area (Å²) < 4.78 is 39.7. The third-order valence-electron chi connectivity index (χ3n) is 3.89. The number of hydrogen-bond donors (Lipinski definition) is 1. The molecule has 0 radical (unpaired) electrons. The van der Waals surface area contributed by atoms with E-state index >= 15 is 0 Å². The molecule has 1 aromatic heterocycles. The molecule has 0 saturated carbocycles. The maximum absolute atomic E-state index is 12.7. The molecule has 0 saturated heterocycles. The highest BCUT2D eigenvalue weighted by atomic mass is 19.4. The van der Waals surface area contributed by atoms with Crippen molar-refractivity contribution in [3.05, 3.63) is 42.1 Å². The van der Waals surface area contributed by atoms with Gasteiger partial charge >= 0.3 is 6.18 Å². The Hall–Kier alpha value is -2.51. The van der Waals surface area contributed by atoms with Gasteiger partial charge in [0.15, 0.2) is 0 Å². The number of anilines is 2. The minimum atomic E-state index is -4.37. The topological polar surface area (TPSA) is 50.2 Å². The molecule has 1 aliphatic heterocycles. The smallest absolute Gasteiger partial charge is 0.359 e. The number of hydrogen-bond acceptors (Lipinski definition) is 3. The van der Waals surface area contributed by atoms with Crippen LogP contribution in [0.2, 0.25) is 0 Å². The number of carbonyl (C=O) groups excluding carboxylic acids is 1. The second-order valence-electron chi connectivity index (χ2n) is 5.34. The van der Waals surface area contributed by atoms with E-state index in [1.165, 1.54) is 12.1 Å². The molecule has 1 atom stereocenters. The number of benzene rings is 1. The molecule has 0 aliphatic carbocycles. The van der Waals surface area contributed by atoms with Crippen LogP contribution in [-0.4, -0.2) is 29.3 Å². The van der Waals surface area contributed by atoms with Gasteiger partial charge in [-0.3, -0.25) is 4.79 Å². The highest BCUT2D eigenvalue weighted by Gasteiger charge is 2.32. The van der Waals surface area contributed by atoms with Crippen molar-refractivity contribution in [1.82, 2.24) is 15.1 Å². The number of fused-ring (bicyclic) bond motifs is 1. The molecule has 5 nitrogen and oxygen atoms in total. The summed E-state index contributed by atoms with van der Waals surface area (Å²) in [6.45, 7) is 0.829. The van der Waals surface area contributed by atoms with E-state index in [-0.39, 0.29) is 11.8 Å². The zero-order chi connectivity index (χ0) is 16.6. The van der Waals surface area contributed by atoms with Crippen LogP contribution in [0.4, 0.5) is 24.7 Å². The minimum absolute atomic E-state index is 0.122. The zero-order valence-corrected chi connectivity index (χ0v) is 12.3. The Balaban J connectivity index is 1.93. The van der Waals surface area contributed by atoms with Gasteiger partial charge in [0.05, 0.1) is 24.2 Å². The maximum atomic E-state index is 12.7. The lowest BCUT2D eigenvalue weighted by Gasteiger charge is -2.34. The Morgan fingerprint density at radius 3 is 2.52 bits per heavy atom. The largest absolute Gasteiger partial charge is 0.416 e. The fraction of sp³-hybridized carbons (Fsp3) is 0.333. The van der Waals surface area contributed by atoms with E-state index in [9.17, 15) is 18.0 Å². The first-order valence-electron chi connectivity index (χ1n) is 7.08. The molecule has 122 valence electrons. The lowest BCUT2D eigenvalue weighted by molar-refractivity contribution is -0.137. The van der Waals surface area contributed by atoms with Crippen LogP contribution in [0.15, 0.2) is 36.5 Å². The average Bonchev–Trinajstić information content (AvgIpc) is 3.01. The molecule has 1 aliphatic rings. The van der Waals surface area contributed by atoms with Crippen molar-refractivity contribution in [3.8, 4) is 0 Å². The van der Waals surface area contributed by atoms with Crippen LogP contribution in [-0.2, 0) is 17.5 Å². The Bertz CT molecular complexity index is 708. The summed E-state index contributed by atoms with van der Waals surface area (Å²) in [6, 6.07) is 6.68. The maximum Gasteiger partial charge on any atom is 0.416 e. The predicted molar refractivity (Wildman–Crippen MR) is 78.2 cm³/mol. The second-order valence-corrected chi connectivity index (χ2v) is 5.34. The molecule has 8 heteroatoms. The molecule has 1 amide bonds. The van der Waals surface area contributed by atoms with Crippen LogP contribution >= 0.6 is 0 Å². The Kier molecular flexibility index (Phi) is 3.75. The molecular weight excluding hydrogens is 309 g/mol. The molecule has 23 heavy (non-hydrogen) atoms. The van der Waals surface area contributed by atoms with Gasteiger partial charge in [-0.2, -0.15) is 18.3 Å². The summed E-state index contributed by atoms with van der Waals surface area (Å²) in [6.07, 6.45) is -2.76. The van der Waals surface area contributed by atoms with E-state index in [0.717, 1.165) is 18.0 Å². The molecule has 3 rings (SSSR count). The normalized spacial score (nSPS) is 17.7. The van der Waals surface area contributed by atoms with Crippen LogP contribution in [0.5, 0.6) is 0 Å². The van der Waals surface area contributed by atoms with Crippen molar-refractivity contribution in [2.75, 3.05) is 18.5 Å². The van der Waals surface area contributed by atoms with Crippen LogP contribution in [0.3, 0.4) is 0 Å². The summed E-state index contributed by atoms with van der Waals surface area (Å²) >= 11 is 0. The zero-order valence-electron chi connectivity index (χ0n) is 12.3. The molecule has 0 spiro atoms. The van der Waals surface area contributed by atoms with Gasteiger partial charge in [-0.25, -0.2) is 4.68 Å². The molecule has 1 N–H and O–H groups in total. The predicted octanol–water partition coefficient (Wildman–Crippen LogP) is 2.42. The van der Waals surface area contributed by atoms with Crippen molar-refractivity contribution >= 4 is 17.4 Å². The Labute approximate surface area is 130 Å². The molecule has 1 unspecified atom stereocenters. The van der Waals surface area contributed by atoms with Crippen LogP contribution < -0.4 is 10.2 Å². The van der Waals surface area contributed by atoms with Gasteiger partial charge in [0, 0.05) is 25.3 Å². The molecule has 1 aromatic carbocycles. The average molecular weight is 324 g/mol. The summed E-state index contributed by atoms with van der Waals surface area (Å²) in [5.41, 5.74) is -0.108. The molecule has 0 fully saturated rings. The Morgan fingerprint density at radius 1 is 1.22 bits per heavy atom. The van der Waals surface area contributed by atoms with Crippen LogP contribution in [0, 0.1) is 5.92 Å².